The second kappa shape index (κ2) is 6.02. The molecule has 80 valence electrons. The molecule has 0 amide bonds. The van der Waals surface area contributed by atoms with Crippen molar-refractivity contribution in [2.45, 2.75) is 13.3 Å². The van der Waals surface area contributed by atoms with Gasteiger partial charge in [-0.05, 0) is 18.6 Å². The number of nitrogens with one attached hydrogen (secondary N) is 1. The predicted octanol–water partition coefficient (Wildman–Crippen LogP) is 3.11. The Hall–Kier alpha value is -1.57. The Labute approximate surface area is 91.7 Å². The van der Waals surface area contributed by atoms with Gasteiger partial charge in [0.05, 0.1) is 5.71 Å². The van der Waals surface area contributed by atoms with Crippen LogP contribution in [-0.2, 0) is 0 Å². The molecular formula is C13H18N2. The lowest BCUT2D eigenvalue weighted by Crippen LogP contribution is -2.03. The third-order valence-corrected chi connectivity index (χ3v) is 2.17. The fourth-order valence-corrected chi connectivity index (χ4v) is 1.42. The first kappa shape index (κ1) is 11.5. The van der Waals surface area contributed by atoms with Crippen LogP contribution in [-0.4, -0.2) is 19.3 Å². The summed E-state index contributed by atoms with van der Waals surface area (Å²) in [6.07, 6.45) is 2.87. The third-order valence-electron chi connectivity index (χ3n) is 2.17. The standard InChI is InChI=1S/C13H18N2/c1-4-10-15-12(5-2)11-8-6-7-9-13(11)14-3/h5-9,14H,2,4,10H2,1,3H3/b15-12-. The lowest BCUT2D eigenvalue weighted by atomic mass is 10.1. The van der Waals surface area contributed by atoms with Gasteiger partial charge in [0.15, 0.2) is 0 Å². The molecule has 1 aromatic carbocycles. The van der Waals surface area contributed by atoms with E-state index in [2.05, 4.69) is 29.9 Å². The van der Waals surface area contributed by atoms with Gasteiger partial charge in [0.1, 0.15) is 0 Å². The van der Waals surface area contributed by atoms with Gasteiger partial charge < -0.3 is 5.32 Å². The molecule has 0 aliphatic carbocycles. The summed E-state index contributed by atoms with van der Waals surface area (Å²) < 4.78 is 0. The fourth-order valence-electron chi connectivity index (χ4n) is 1.42. The van der Waals surface area contributed by atoms with Crippen LogP contribution in [0.15, 0.2) is 41.9 Å². The van der Waals surface area contributed by atoms with Crippen molar-refractivity contribution in [2.24, 2.45) is 4.99 Å². The minimum atomic E-state index is 0.847. The maximum Gasteiger partial charge on any atom is 0.0661 e. The van der Waals surface area contributed by atoms with Crippen LogP contribution < -0.4 is 5.32 Å². The van der Waals surface area contributed by atoms with Gasteiger partial charge in [-0.3, -0.25) is 4.99 Å². The SMILES string of the molecule is C=C/C(=N/CCC)c1ccccc1NC. The highest BCUT2D eigenvalue weighted by Crippen LogP contribution is 2.15. The lowest BCUT2D eigenvalue weighted by Gasteiger charge is -2.08. The van der Waals surface area contributed by atoms with E-state index in [0.717, 1.165) is 29.9 Å². The number of hydrogen-bond acceptors (Lipinski definition) is 2. The molecule has 0 saturated heterocycles. The van der Waals surface area contributed by atoms with Gasteiger partial charge in [-0.15, -0.1) is 0 Å². The van der Waals surface area contributed by atoms with Crippen molar-refractivity contribution in [2.75, 3.05) is 18.9 Å². The normalized spacial score (nSPS) is 11.2. The highest BCUT2D eigenvalue weighted by Gasteiger charge is 2.03. The summed E-state index contributed by atoms with van der Waals surface area (Å²) in [5, 5.41) is 3.16. The van der Waals surface area contributed by atoms with Crippen LogP contribution in [0.4, 0.5) is 5.69 Å². The molecule has 0 unspecified atom stereocenters. The molecule has 0 aromatic heterocycles. The molecule has 0 bridgehead atoms. The zero-order chi connectivity index (χ0) is 11.1. The zero-order valence-electron chi connectivity index (χ0n) is 9.46. The Bertz CT molecular complexity index is 353. The summed E-state index contributed by atoms with van der Waals surface area (Å²) >= 11 is 0. The zero-order valence-corrected chi connectivity index (χ0v) is 9.46. The average Bonchev–Trinajstić information content (AvgIpc) is 2.30. The summed E-state index contributed by atoms with van der Waals surface area (Å²) in [4.78, 5) is 4.50. The molecule has 2 heteroatoms. The summed E-state index contributed by atoms with van der Waals surface area (Å²) in [5.41, 5.74) is 3.16. The van der Waals surface area contributed by atoms with Crippen molar-refractivity contribution in [1.82, 2.24) is 0 Å². The second-order valence-corrected chi connectivity index (χ2v) is 3.27. The van der Waals surface area contributed by atoms with E-state index in [1.807, 2.05) is 31.3 Å². The molecule has 0 spiro atoms. The maximum absolute atomic E-state index is 4.50. The second-order valence-electron chi connectivity index (χ2n) is 3.27. The van der Waals surface area contributed by atoms with Crippen LogP contribution in [0.5, 0.6) is 0 Å². The van der Waals surface area contributed by atoms with Crippen molar-refractivity contribution in [3.05, 3.63) is 42.5 Å². The molecule has 2 nitrogen and oxygen atoms in total. The van der Waals surface area contributed by atoms with E-state index in [9.17, 15) is 0 Å². The molecule has 0 heterocycles. The fraction of sp³-hybridized carbons (Fsp3) is 0.308. The topological polar surface area (TPSA) is 24.4 Å². The molecule has 0 atom stereocenters. The van der Waals surface area contributed by atoms with Gasteiger partial charge in [-0.2, -0.15) is 0 Å². The van der Waals surface area contributed by atoms with Crippen LogP contribution in [0.1, 0.15) is 18.9 Å². The van der Waals surface area contributed by atoms with Crippen molar-refractivity contribution in [3.63, 3.8) is 0 Å². The van der Waals surface area contributed by atoms with E-state index in [4.69, 9.17) is 0 Å². The number of benzene rings is 1. The van der Waals surface area contributed by atoms with Crippen LogP contribution >= 0.6 is 0 Å². The van der Waals surface area contributed by atoms with E-state index >= 15 is 0 Å². The van der Waals surface area contributed by atoms with Crippen LogP contribution in [0.25, 0.3) is 0 Å². The molecule has 1 rings (SSSR count). The van der Waals surface area contributed by atoms with E-state index in [-0.39, 0.29) is 0 Å². The largest absolute Gasteiger partial charge is 0.388 e. The van der Waals surface area contributed by atoms with E-state index in [1.54, 1.807) is 0 Å². The number of rotatable bonds is 5. The minimum absolute atomic E-state index is 0.847. The number of anilines is 1. The first-order valence-corrected chi connectivity index (χ1v) is 5.27. The van der Waals surface area contributed by atoms with Crippen molar-refractivity contribution in [1.29, 1.82) is 0 Å². The highest BCUT2D eigenvalue weighted by atomic mass is 14.8. The highest BCUT2D eigenvalue weighted by molar-refractivity contribution is 6.11. The summed E-state index contributed by atoms with van der Waals surface area (Å²) in [6.45, 7) is 6.77. The first-order valence-electron chi connectivity index (χ1n) is 5.27. The van der Waals surface area contributed by atoms with Crippen molar-refractivity contribution < 1.29 is 0 Å². The number of aliphatic imine (C=N–C) groups is 1. The lowest BCUT2D eigenvalue weighted by molar-refractivity contribution is 0.934. The van der Waals surface area contributed by atoms with Gasteiger partial charge in [-0.25, -0.2) is 0 Å². The van der Waals surface area contributed by atoms with Crippen LogP contribution in [0.3, 0.4) is 0 Å². The molecule has 0 radical (unpaired) electrons. The smallest absolute Gasteiger partial charge is 0.0661 e. The number of hydrogen-bond donors (Lipinski definition) is 1. The number of para-hydroxylation sites is 1. The maximum atomic E-state index is 4.50. The molecule has 0 fully saturated rings. The summed E-state index contributed by atoms with van der Waals surface area (Å²) in [6, 6.07) is 8.12. The van der Waals surface area contributed by atoms with E-state index in [0.29, 0.717) is 0 Å². The molecule has 0 aliphatic rings. The first-order chi connectivity index (χ1) is 7.33. The molecule has 0 aliphatic heterocycles. The third kappa shape index (κ3) is 2.94. The molecular weight excluding hydrogens is 184 g/mol. The summed E-state index contributed by atoms with van der Waals surface area (Å²) in [7, 11) is 1.92. The Morgan fingerprint density at radius 1 is 1.47 bits per heavy atom. The van der Waals surface area contributed by atoms with Gasteiger partial charge in [0.25, 0.3) is 0 Å². The predicted molar refractivity (Wildman–Crippen MR) is 67.9 cm³/mol. The molecule has 1 aromatic rings. The van der Waals surface area contributed by atoms with Gasteiger partial charge in [0.2, 0.25) is 0 Å². The van der Waals surface area contributed by atoms with Crippen LogP contribution in [0.2, 0.25) is 0 Å². The average molecular weight is 202 g/mol. The van der Waals surface area contributed by atoms with Gasteiger partial charge >= 0.3 is 0 Å². The van der Waals surface area contributed by atoms with E-state index < -0.39 is 0 Å². The Balaban J connectivity index is 3.06. The van der Waals surface area contributed by atoms with Crippen molar-refractivity contribution >= 4 is 11.4 Å². The van der Waals surface area contributed by atoms with Gasteiger partial charge in [0, 0.05) is 24.8 Å². The quantitative estimate of drug-likeness (QED) is 0.729. The molecule has 0 saturated carbocycles. The minimum Gasteiger partial charge on any atom is -0.388 e. The molecule has 15 heavy (non-hydrogen) atoms. The number of nitrogens with zero attached hydrogens (tertiary/aromatic N) is 1. The Morgan fingerprint density at radius 3 is 2.80 bits per heavy atom. The summed E-state index contributed by atoms with van der Waals surface area (Å²) in [5.74, 6) is 0. The van der Waals surface area contributed by atoms with Crippen molar-refractivity contribution in [3.8, 4) is 0 Å². The monoisotopic (exact) mass is 202 g/mol. The van der Waals surface area contributed by atoms with E-state index in [1.165, 1.54) is 0 Å². The van der Waals surface area contributed by atoms with Crippen LogP contribution in [0, 0.1) is 0 Å². The Morgan fingerprint density at radius 2 is 2.20 bits per heavy atom. The Kier molecular flexibility index (Phi) is 4.61. The van der Waals surface area contributed by atoms with Gasteiger partial charge in [-0.1, -0.05) is 31.7 Å². The number of allylic oxidation sites excluding steroid dienone is 1. The molecule has 1 N–H and O–H groups in total.